The second-order valence-corrected chi connectivity index (χ2v) is 5.61. The molecule has 0 bridgehead atoms. The van der Waals surface area contributed by atoms with Crippen molar-refractivity contribution in [1.82, 2.24) is 5.32 Å². The zero-order chi connectivity index (χ0) is 17.0. The quantitative estimate of drug-likeness (QED) is 0.913. The second-order valence-electron chi connectivity index (χ2n) is 5.61. The average molecular weight is 313 g/mol. The Morgan fingerprint density at radius 2 is 1.52 bits per heavy atom. The Bertz CT molecular complexity index is 667. The van der Waals surface area contributed by atoms with Gasteiger partial charge in [0.2, 0.25) is 0 Å². The lowest BCUT2D eigenvalue weighted by Crippen LogP contribution is -2.26. The minimum Gasteiger partial charge on any atom is -0.496 e. The van der Waals surface area contributed by atoms with Crippen molar-refractivity contribution in [2.45, 2.75) is 26.8 Å². The zero-order valence-electron chi connectivity index (χ0n) is 14.3. The van der Waals surface area contributed by atoms with Gasteiger partial charge in [-0.1, -0.05) is 29.8 Å². The molecule has 0 aliphatic rings. The lowest BCUT2D eigenvalue weighted by molar-refractivity contribution is 0.0939. The highest BCUT2D eigenvalue weighted by Gasteiger charge is 2.16. The first-order valence-corrected chi connectivity index (χ1v) is 7.56. The Morgan fingerprint density at radius 3 is 2.00 bits per heavy atom. The van der Waals surface area contributed by atoms with Crippen molar-refractivity contribution in [3.8, 4) is 11.5 Å². The number of carbonyl (C=O) groups is 1. The van der Waals surface area contributed by atoms with Crippen LogP contribution in [0.3, 0.4) is 0 Å². The predicted molar refractivity (Wildman–Crippen MR) is 91.3 cm³/mol. The van der Waals surface area contributed by atoms with Gasteiger partial charge in [-0.15, -0.1) is 0 Å². The summed E-state index contributed by atoms with van der Waals surface area (Å²) in [6.07, 6.45) is 0. The highest BCUT2D eigenvalue weighted by atomic mass is 16.5. The molecule has 0 aliphatic carbocycles. The highest BCUT2D eigenvalue weighted by Crippen LogP contribution is 2.29. The first-order valence-electron chi connectivity index (χ1n) is 7.56. The minimum absolute atomic E-state index is 0.0820. The number of nitrogens with one attached hydrogen (secondary N) is 1. The summed E-state index contributed by atoms with van der Waals surface area (Å²) in [5.74, 6) is 1.12. The third kappa shape index (κ3) is 3.83. The first-order chi connectivity index (χ1) is 11.0. The lowest BCUT2D eigenvalue weighted by atomic mass is 10.1. The van der Waals surface area contributed by atoms with Gasteiger partial charge in [-0.25, -0.2) is 0 Å². The zero-order valence-corrected chi connectivity index (χ0v) is 14.3. The van der Waals surface area contributed by atoms with Crippen LogP contribution in [-0.2, 0) is 0 Å². The SMILES string of the molecule is COc1cc(C(=O)NC(C)c2ccc(C)cc2)cc(OC)c1C. The summed E-state index contributed by atoms with van der Waals surface area (Å²) in [6.45, 7) is 5.90. The Labute approximate surface area is 137 Å². The molecule has 4 heteroatoms. The Kier molecular flexibility index (Phi) is 5.27. The smallest absolute Gasteiger partial charge is 0.252 e. The van der Waals surface area contributed by atoms with Gasteiger partial charge in [0, 0.05) is 11.1 Å². The molecule has 0 spiro atoms. The van der Waals surface area contributed by atoms with Crippen molar-refractivity contribution in [2.75, 3.05) is 14.2 Å². The average Bonchev–Trinajstić information content (AvgIpc) is 2.55. The number of benzene rings is 2. The van der Waals surface area contributed by atoms with E-state index in [4.69, 9.17) is 9.47 Å². The van der Waals surface area contributed by atoms with E-state index in [1.807, 2.05) is 45.0 Å². The molecular formula is C19H23NO3. The maximum Gasteiger partial charge on any atom is 0.252 e. The van der Waals surface area contributed by atoms with E-state index in [1.54, 1.807) is 26.4 Å². The van der Waals surface area contributed by atoms with E-state index in [-0.39, 0.29) is 11.9 Å². The summed E-state index contributed by atoms with van der Waals surface area (Å²) in [4.78, 5) is 12.5. The third-order valence-corrected chi connectivity index (χ3v) is 3.94. The van der Waals surface area contributed by atoms with Gasteiger partial charge in [0.15, 0.2) is 0 Å². The van der Waals surface area contributed by atoms with Crippen LogP contribution in [0.15, 0.2) is 36.4 Å². The van der Waals surface area contributed by atoms with Crippen LogP contribution in [0.5, 0.6) is 11.5 Å². The fourth-order valence-electron chi connectivity index (χ4n) is 2.44. The Balaban J connectivity index is 2.21. The molecule has 23 heavy (non-hydrogen) atoms. The van der Waals surface area contributed by atoms with Crippen LogP contribution < -0.4 is 14.8 Å². The van der Waals surface area contributed by atoms with Gasteiger partial charge in [-0.3, -0.25) is 4.79 Å². The molecule has 1 atom stereocenters. The monoisotopic (exact) mass is 313 g/mol. The number of ether oxygens (including phenoxy) is 2. The van der Waals surface area contributed by atoms with Gasteiger partial charge >= 0.3 is 0 Å². The van der Waals surface area contributed by atoms with Gasteiger partial charge in [0.1, 0.15) is 11.5 Å². The fourth-order valence-corrected chi connectivity index (χ4v) is 2.44. The molecule has 1 unspecified atom stereocenters. The van der Waals surface area contributed by atoms with Crippen LogP contribution in [0.2, 0.25) is 0 Å². The Hall–Kier alpha value is -2.49. The summed E-state index contributed by atoms with van der Waals surface area (Å²) in [5.41, 5.74) is 3.65. The van der Waals surface area contributed by atoms with Crippen LogP contribution >= 0.6 is 0 Å². The van der Waals surface area contributed by atoms with Gasteiger partial charge in [0.05, 0.1) is 20.3 Å². The maximum atomic E-state index is 12.5. The molecule has 1 N–H and O–H groups in total. The Morgan fingerprint density at radius 1 is 1.00 bits per heavy atom. The van der Waals surface area contributed by atoms with Crippen LogP contribution in [0.25, 0.3) is 0 Å². The van der Waals surface area contributed by atoms with Gasteiger partial charge < -0.3 is 14.8 Å². The van der Waals surface area contributed by atoms with Crippen LogP contribution in [0, 0.1) is 13.8 Å². The molecule has 0 fully saturated rings. The van der Waals surface area contributed by atoms with Crippen molar-refractivity contribution in [3.63, 3.8) is 0 Å². The molecule has 0 saturated carbocycles. The molecule has 2 aromatic carbocycles. The number of methoxy groups -OCH3 is 2. The van der Waals surface area contributed by atoms with E-state index in [1.165, 1.54) is 5.56 Å². The van der Waals surface area contributed by atoms with E-state index < -0.39 is 0 Å². The van der Waals surface area contributed by atoms with Crippen molar-refractivity contribution in [3.05, 3.63) is 58.7 Å². The highest BCUT2D eigenvalue weighted by molar-refractivity contribution is 5.95. The van der Waals surface area contributed by atoms with Gasteiger partial charge in [-0.05, 0) is 38.5 Å². The van der Waals surface area contributed by atoms with E-state index in [9.17, 15) is 4.79 Å². The van der Waals surface area contributed by atoms with Crippen molar-refractivity contribution >= 4 is 5.91 Å². The molecule has 2 rings (SSSR count). The lowest BCUT2D eigenvalue weighted by Gasteiger charge is -2.16. The standard InChI is InChI=1S/C19H23NO3/c1-12-6-8-15(9-7-12)14(3)20-19(21)16-10-17(22-4)13(2)18(11-16)23-5/h6-11,14H,1-5H3,(H,20,21). The summed E-state index contributed by atoms with van der Waals surface area (Å²) in [6, 6.07) is 11.5. The number of aryl methyl sites for hydroxylation is 1. The minimum atomic E-state index is -0.158. The maximum absolute atomic E-state index is 12.5. The molecule has 0 aromatic heterocycles. The number of rotatable bonds is 5. The van der Waals surface area contributed by atoms with Crippen LogP contribution in [0.4, 0.5) is 0 Å². The normalized spacial score (nSPS) is 11.7. The number of carbonyl (C=O) groups excluding carboxylic acids is 1. The topological polar surface area (TPSA) is 47.6 Å². The first kappa shape index (κ1) is 16.9. The molecule has 122 valence electrons. The second kappa shape index (κ2) is 7.18. The number of hydrogen-bond acceptors (Lipinski definition) is 3. The molecule has 2 aromatic rings. The third-order valence-electron chi connectivity index (χ3n) is 3.94. The molecule has 1 amide bonds. The van der Waals surface area contributed by atoms with Crippen molar-refractivity contribution < 1.29 is 14.3 Å². The van der Waals surface area contributed by atoms with Crippen LogP contribution in [0.1, 0.15) is 40.0 Å². The molecule has 0 aliphatic heterocycles. The molecule has 4 nitrogen and oxygen atoms in total. The summed E-state index contributed by atoms with van der Waals surface area (Å²) < 4.78 is 10.6. The van der Waals surface area contributed by atoms with E-state index in [0.717, 1.165) is 11.1 Å². The van der Waals surface area contributed by atoms with Crippen LogP contribution in [-0.4, -0.2) is 20.1 Å². The predicted octanol–water partition coefficient (Wildman–Crippen LogP) is 3.81. The summed E-state index contributed by atoms with van der Waals surface area (Å²) >= 11 is 0. The number of amides is 1. The molecular weight excluding hydrogens is 290 g/mol. The van der Waals surface area contributed by atoms with Crippen molar-refractivity contribution in [1.29, 1.82) is 0 Å². The van der Waals surface area contributed by atoms with E-state index in [2.05, 4.69) is 5.32 Å². The molecule has 0 saturated heterocycles. The molecule has 0 heterocycles. The fraction of sp³-hybridized carbons (Fsp3) is 0.316. The number of hydrogen-bond donors (Lipinski definition) is 1. The van der Waals surface area contributed by atoms with E-state index >= 15 is 0 Å². The van der Waals surface area contributed by atoms with E-state index in [0.29, 0.717) is 17.1 Å². The largest absolute Gasteiger partial charge is 0.496 e. The summed E-state index contributed by atoms with van der Waals surface area (Å²) in [5, 5.41) is 3.00. The van der Waals surface area contributed by atoms with Gasteiger partial charge in [0.25, 0.3) is 5.91 Å². The summed E-state index contributed by atoms with van der Waals surface area (Å²) in [7, 11) is 3.16. The van der Waals surface area contributed by atoms with Crippen molar-refractivity contribution in [2.24, 2.45) is 0 Å². The van der Waals surface area contributed by atoms with Gasteiger partial charge in [-0.2, -0.15) is 0 Å². The molecule has 0 radical (unpaired) electrons.